The number of rotatable bonds is 4. The number of piperidine rings is 1. The van der Waals surface area contributed by atoms with Crippen LogP contribution >= 0.6 is 12.4 Å². The molecule has 1 fully saturated rings. The van der Waals surface area contributed by atoms with Crippen molar-refractivity contribution in [3.05, 3.63) is 23.8 Å². The maximum Gasteiger partial charge on any atom is 0.240 e. The van der Waals surface area contributed by atoms with Gasteiger partial charge < -0.3 is 10.1 Å². The van der Waals surface area contributed by atoms with Gasteiger partial charge in [0.15, 0.2) is 0 Å². The van der Waals surface area contributed by atoms with Crippen molar-refractivity contribution >= 4 is 23.3 Å². The Kier molecular flexibility index (Phi) is 5.48. The van der Waals surface area contributed by atoms with Crippen LogP contribution in [0.15, 0.2) is 18.2 Å². The largest absolute Gasteiger partial charge is 0.476 e. The van der Waals surface area contributed by atoms with Gasteiger partial charge in [0.25, 0.3) is 0 Å². The molecule has 1 aromatic carbocycles. The Morgan fingerprint density at radius 3 is 2.71 bits per heavy atom. The van der Waals surface area contributed by atoms with E-state index in [-0.39, 0.29) is 12.4 Å². The molecule has 1 aromatic heterocycles. The minimum absolute atomic E-state index is 0. The number of aromatic nitrogens is 2. The van der Waals surface area contributed by atoms with Crippen LogP contribution in [0, 0.1) is 0 Å². The molecule has 21 heavy (non-hydrogen) atoms. The number of nitrogens with one attached hydrogen (secondary N) is 1. The topological polar surface area (TPSA) is 39.1 Å². The summed E-state index contributed by atoms with van der Waals surface area (Å²) >= 11 is 0. The first-order chi connectivity index (χ1) is 9.83. The second kappa shape index (κ2) is 7.14. The van der Waals surface area contributed by atoms with E-state index in [9.17, 15) is 0 Å². The van der Waals surface area contributed by atoms with Gasteiger partial charge in [-0.15, -0.1) is 17.5 Å². The van der Waals surface area contributed by atoms with Crippen LogP contribution in [-0.2, 0) is 6.42 Å². The van der Waals surface area contributed by atoms with Crippen molar-refractivity contribution < 1.29 is 4.74 Å². The zero-order valence-corrected chi connectivity index (χ0v) is 13.6. The van der Waals surface area contributed by atoms with Gasteiger partial charge in [0, 0.05) is 0 Å². The first-order valence-electron chi connectivity index (χ1n) is 7.68. The van der Waals surface area contributed by atoms with Crippen LogP contribution in [0.3, 0.4) is 0 Å². The summed E-state index contributed by atoms with van der Waals surface area (Å²) in [6.45, 7) is 7.00. The molecular formula is C16H24ClN3O. The van der Waals surface area contributed by atoms with E-state index in [2.05, 4.69) is 35.1 Å². The molecule has 4 nitrogen and oxygen atoms in total. The third kappa shape index (κ3) is 3.16. The molecule has 0 saturated carbocycles. The number of benzene rings is 1. The monoisotopic (exact) mass is 309 g/mol. The maximum absolute atomic E-state index is 5.74. The molecule has 1 aliphatic rings. The number of hydrogen-bond acceptors (Lipinski definition) is 3. The predicted molar refractivity (Wildman–Crippen MR) is 88.7 cm³/mol. The molecule has 0 unspecified atom stereocenters. The summed E-state index contributed by atoms with van der Waals surface area (Å²) in [6.07, 6.45) is 3.32. The summed E-state index contributed by atoms with van der Waals surface area (Å²) < 4.78 is 7.92. The van der Waals surface area contributed by atoms with E-state index in [0.29, 0.717) is 12.6 Å². The van der Waals surface area contributed by atoms with Crippen LogP contribution in [0.4, 0.5) is 0 Å². The summed E-state index contributed by atoms with van der Waals surface area (Å²) in [5.41, 5.74) is 2.54. The molecule has 0 aliphatic carbocycles. The molecule has 1 aliphatic heterocycles. The number of halogens is 1. The summed E-state index contributed by atoms with van der Waals surface area (Å²) in [7, 11) is 0. The van der Waals surface area contributed by atoms with Gasteiger partial charge in [-0.25, -0.2) is 0 Å². The second-order valence-electron chi connectivity index (χ2n) is 5.37. The maximum atomic E-state index is 5.74. The van der Waals surface area contributed by atoms with E-state index in [4.69, 9.17) is 9.84 Å². The van der Waals surface area contributed by atoms with Crippen molar-refractivity contribution in [2.24, 2.45) is 0 Å². The molecule has 1 N–H and O–H groups in total. The number of fused-ring (bicyclic) bond motifs is 1. The van der Waals surface area contributed by atoms with E-state index in [0.717, 1.165) is 43.6 Å². The van der Waals surface area contributed by atoms with Crippen molar-refractivity contribution in [3.8, 4) is 5.88 Å². The Morgan fingerprint density at radius 2 is 2.05 bits per heavy atom. The Hall–Kier alpha value is -1.26. The number of nitrogens with zero attached hydrogens (tertiary/aromatic N) is 2. The van der Waals surface area contributed by atoms with Crippen molar-refractivity contribution in [1.29, 1.82) is 0 Å². The highest BCUT2D eigenvalue weighted by atomic mass is 35.5. The highest BCUT2D eigenvalue weighted by Gasteiger charge is 2.20. The molecule has 2 heterocycles. The lowest BCUT2D eigenvalue weighted by atomic mass is 10.1. The van der Waals surface area contributed by atoms with Gasteiger partial charge >= 0.3 is 0 Å². The van der Waals surface area contributed by atoms with E-state index >= 15 is 0 Å². The van der Waals surface area contributed by atoms with Gasteiger partial charge in [-0.05, 0) is 57.0 Å². The van der Waals surface area contributed by atoms with E-state index < -0.39 is 0 Å². The lowest BCUT2D eigenvalue weighted by Crippen LogP contribution is -2.29. The lowest BCUT2D eigenvalue weighted by Gasteiger charge is -2.23. The second-order valence-corrected chi connectivity index (χ2v) is 5.37. The van der Waals surface area contributed by atoms with Gasteiger partial charge in [0.1, 0.15) is 0 Å². The molecule has 2 aromatic rings. The normalized spacial score (nSPS) is 15.9. The number of hydrogen-bond donors (Lipinski definition) is 1. The van der Waals surface area contributed by atoms with Crippen LogP contribution < -0.4 is 10.1 Å². The van der Waals surface area contributed by atoms with Gasteiger partial charge in [0.2, 0.25) is 5.88 Å². The third-order valence-corrected chi connectivity index (χ3v) is 4.08. The minimum atomic E-state index is 0. The summed E-state index contributed by atoms with van der Waals surface area (Å²) in [5, 5.41) is 9.31. The molecule has 0 radical (unpaired) electrons. The first kappa shape index (κ1) is 16.1. The average Bonchev–Trinajstić information content (AvgIpc) is 2.86. The fourth-order valence-electron chi connectivity index (χ4n) is 2.95. The van der Waals surface area contributed by atoms with E-state index in [1.54, 1.807) is 0 Å². The smallest absolute Gasteiger partial charge is 0.240 e. The summed E-state index contributed by atoms with van der Waals surface area (Å²) in [6, 6.07) is 7.12. The molecule has 0 spiro atoms. The molecule has 0 amide bonds. The lowest BCUT2D eigenvalue weighted by molar-refractivity contribution is 0.305. The van der Waals surface area contributed by atoms with Crippen LogP contribution in [-0.4, -0.2) is 29.5 Å². The standard InChI is InChI=1S/C16H23N3O.ClH/c1-3-12-5-6-15-14(11-12)16(20-4-2)18-19(15)13-7-9-17-10-8-13;/h5-6,11,13,17H,3-4,7-10H2,1-2H3;1H. The molecule has 5 heteroatoms. The minimum Gasteiger partial charge on any atom is -0.476 e. The van der Waals surface area contributed by atoms with Crippen LogP contribution in [0.2, 0.25) is 0 Å². The summed E-state index contributed by atoms with van der Waals surface area (Å²) in [5.74, 6) is 0.788. The Balaban J connectivity index is 0.00000161. The van der Waals surface area contributed by atoms with Gasteiger partial charge in [0.05, 0.1) is 23.6 Å². The third-order valence-electron chi connectivity index (χ3n) is 4.08. The van der Waals surface area contributed by atoms with Crippen LogP contribution in [0.5, 0.6) is 5.88 Å². The number of ether oxygens (including phenoxy) is 1. The van der Waals surface area contributed by atoms with Gasteiger partial charge in [-0.2, -0.15) is 0 Å². The van der Waals surface area contributed by atoms with Crippen molar-refractivity contribution in [1.82, 2.24) is 15.1 Å². The molecule has 0 bridgehead atoms. The Labute approximate surface area is 132 Å². The fourth-order valence-corrected chi connectivity index (χ4v) is 2.95. The molecule has 3 rings (SSSR count). The van der Waals surface area contributed by atoms with Crippen LogP contribution in [0.1, 0.15) is 38.3 Å². The van der Waals surface area contributed by atoms with Gasteiger partial charge in [-0.3, -0.25) is 4.68 Å². The highest BCUT2D eigenvalue weighted by Crippen LogP contribution is 2.31. The zero-order valence-electron chi connectivity index (χ0n) is 12.8. The van der Waals surface area contributed by atoms with Crippen molar-refractivity contribution in [2.45, 2.75) is 39.2 Å². The predicted octanol–water partition coefficient (Wildman–Crippen LogP) is 3.34. The molecule has 1 saturated heterocycles. The Bertz CT molecular complexity index is 590. The van der Waals surface area contributed by atoms with Crippen molar-refractivity contribution in [2.75, 3.05) is 19.7 Å². The highest BCUT2D eigenvalue weighted by molar-refractivity contribution is 5.85. The molecule has 116 valence electrons. The SMILES string of the molecule is CCOc1nn(C2CCNCC2)c2ccc(CC)cc12.Cl. The number of aryl methyl sites for hydroxylation is 1. The molecular weight excluding hydrogens is 286 g/mol. The van der Waals surface area contributed by atoms with E-state index in [1.807, 2.05) is 6.92 Å². The van der Waals surface area contributed by atoms with E-state index in [1.165, 1.54) is 11.1 Å². The Morgan fingerprint density at radius 1 is 1.29 bits per heavy atom. The molecule has 0 atom stereocenters. The van der Waals surface area contributed by atoms with Gasteiger partial charge in [-0.1, -0.05) is 13.0 Å². The average molecular weight is 310 g/mol. The summed E-state index contributed by atoms with van der Waals surface area (Å²) in [4.78, 5) is 0. The van der Waals surface area contributed by atoms with Crippen LogP contribution in [0.25, 0.3) is 10.9 Å². The first-order valence-corrected chi connectivity index (χ1v) is 7.68. The quantitative estimate of drug-likeness (QED) is 0.941. The fraction of sp³-hybridized carbons (Fsp3) is 0.562. The van der Waals surface area contributed by atoms with Crippen molar-refractivity contribution in [3.63, 3.8) is 0 Å². The zero-order chi connectivity index (χ0) is 13.9.